The summed E-state index contributed by atoms with van der Waals surface area (Å²) in [5, 5.41) is 2.64. The van der Waals surface area contributed by atoms with Gasteiger partial charge in [-0.25, -0.2) is 4.79 Å². The number of ether oxygens (including phenoxy) is 4. The Balaban J connectivity index is 2.92. The minimum atomic E-state index is -0.571. The third-order valence-electron chi connectivity index (χ3n) is 3.42. The van der Waals surface area contributed by atoms with Gasteiger partial charge in [0.25, 0.3) is 0 Å². The average Bonchev–Trinajstić information content (AvgIpc) is 2.62. The minimum absolute atomic E-state index is 0.0109. The van der Waals surface area contributed by atoms with Crippen molar-refractivity contribution < 1.29 is 28.5 Å². The van der Waals surface area contributed by atoms with E-state index in [2.05, 4.69) is 10.3 Å². The van der Waals surface area contributed by atoms with Gasteiger partial charge in [-0.05, 0) is 39.8 Å². The highest BCUT2D eigenvalue weighted by molar-refractivity contribution is 6.11. The SMILES string of the molecule is CCOC(=O)CC(=NCCNC(=O)OC(C)(C)C)c1ccc(OC)cc1OC. The predicted molar refractivity (Wildman–Crippen MR) is 106 cm³/mol. The molecule has 0 aromatic heterocycles. The van der Waals surface area contributed by atoms with Gasteiger partial charge in [-0.15, -0.1) is 0 Å². The fraction of sp³-hybridized carbons (Fsp3) is 0.550. The monoisotopic (exact) mass is 394 g/mol. The zero-order chi connectivity index (χ0) is 21.2. The molecule has 0 bridgehead atoms. The highest BCUT2D eigenvalue weighted by Gasteiger charge is 2.17. The molecule has 0 spiro atoms. The van der Waals surface area contributed by atoms with Crippen LogP contribution in [-0.2, 0) is 14.3 Å². The van der Waals surface area contributed by atoms with E-state index in [-0.39, 0.29) is 32.1 Å². The van der Waals surface area contributed by atoms with Crippen molar-refractivity contribution >= 4 is 17.8 Å². The van der Waals surface area contributed by atoms with Crippen LogP contribution in [0.5, 0.6) is 11.5 Å². The van der Waals surface area contributed by atoms with Crippen molar-refractivity contribution in [3.8, 4) is 11.5 Å². The van der Waals surface area contributed by atoms with Crippen molar-refractivity contribution in [3.63, 3.8) is 0 Å². The second-order valence-electron chi connectivity index (χ2n) is 6.81. The number of esters is 1. The fourth-order valence-corrected chi connectivity index (χ4v) is 2.28. The van der Waals surface area contributed by atoms with Crippen molar-refractivity contribution in [2.75, 3.05) is 33.9 Å². The molecule has 28 heavy (non-hydrogen) atoms. The number of nitrogens with one attached hydrogen (secondary N) is 1. The molecule has 8 heteroatoms. The number of carbonyl (C=O) groups excluding carboxylic acids is 2. The van der Waals surface area contributed by atoms with E-state index in [0.29, 0.717) is 22.8 Å². The number of methoxy groups -OCH3 is 2. The van der Waals surface area contributed by atoms with Crippen molar-refractivity contribution in [1.82, 2.24) is 5.32 Å². The molecule has 1 aromatic carbocycles. The molecule has 0 fully saturated rings. The van der Waals surface area contributed by atoms with Crippen LogP contribution in [-0.4, -0.2) is 57.3 Å². The van der Waals surface area contributed by atoms with Gasteiger partial charge in [-0.2, -0.15) is 0 Å². The summed E-state index contributed by atoms with van der Waals surface area (Å²) >= 11 is 0. The molecular weight excluding hydrogens is 364 g/mol. The van der Waals surface area contributed by atoms with Crippen molar-refractivity contribution in [3.05, 3.63) is 23.8 Å². The van der Waals surface area contributed by atoms with Crippen LogP contribution in [0.15, 0.2) is 23.2 Å². The first kappa shape index (κ1) is 23.3. The summed E-state index contributed by atoms with van der Waals surface area (Å²) < 4.78 is 20.8. The van der Waals surface area contributed by atoms with E-state index in [1.54, 1.807) is 53.0 Å². The molecule has 1 rings (SSSR count). The first-order valence-corrected chi connectivity index (χ1v) is 9.08. The van der Waals surface area contributed by atoms with Crippen molar-refractivity contribution in [1.29, 1.82) is 0 Å². The normalized spacial score (nSPS) is 11.6. The van der Waals surface area contributed by atoms with Gasteiger partial charge in [0, 0.05) is 18.2 Å². The molecule has 1 N–H and O–H groups in total. The summed E-state index contributed by atoms with van der Waals surface area (Å²) in [5.41, 5.74) is 0.594. The number of nitrogens with zero attached hydrogens (tertiary/aromatic N) is 1. The maximum Gasteiger partial charge on any atom is 0.407 e. The molecule has 0 aliphatic heterocycles. The zero-order valence-corrected chi connectivity index (χ0v) is 17.5. The lowest BCUT2D eigenvalue weighted by Gasteiger charge is -2.19. The van der Waals surface area contributed by atoms with Gasteiger partial charge < -0.3 is 24.3 Å². The quantitative estimate of drug-likeness (QED) is 0.393. The molecule has 1 aromatic rings. The highest BCUT2D eigenvalue weighted by atomic mass is 16.6. The lowest BCUT2D eigenvalue weighted by molar-refractivity contribution is -0.141. The van der Waals surface area contributed by atoms with Crippen LogP contribution < -0.4 is 14.8 Å². The largest absolute Gasteiger partial charge is 0.497 e. The first-order chi connectivity index (χ1) is 13.2. The second kappa shape index (κ2) is 11.2. The number of benzene rings is 1. The third kappa shape index (κ3) is 8.28. The number of rotatable bonds is 9. The molecule has 156 valence electrons. The van der Waals surface area contributed by atoms with Crippen LogP contribution in [0.3, 0.4) is 0 Å². The van der Waals surface area contributed by atoms with E-state index >= 15 is 0 Å². The summed E-state index contributed by atoms with van der Waals surface area (Å²) in [7, 11) is 3.09. The Hall–Kier alpha value is -2.77. The molecule has 0 atom stereocenters. The van der Waals surface area contributed by atoms with Crippen molar-refractivity contribution in [2.24, 2.45) is 4.99 Å². The lowest BCUT2D eigenvalue weighted by atomic mass is 10.1. The molecule has 0 aliphatic rings. The summed E-state index contributed by atoms with van der Waals surface area (Å²) in [6.07, 6.45) is -0.528. The molecule has 0 radical (unpaired) electrons. The zero-order valence-electron chi connectivity index (χ0n) is 17.5. The minimum Gasteiger partial charge on any atom is -0.497 e. The van der Waals surface area contributed by atoms with Crippen LogP contribution in [0.4, 0.5) is 4.79 Å². The van der Waals surface area contributed by atoms with Crippen LogP contribution >= 0.6 is 0 Å². The summed E-state index contributed by atoms with van der Waals surface area (Å²) in [4.78, 5) is 28.2. The molecule has 0 unspecified atom stereocenters. The van der Waals surface area contributed by atoms with Crippen LogP contribution in [0.2, 0.25) is 0 Å². The molecule has 0 saturated carbocycles. The number of carbonyl (C=O) groups is 2. The maximum atomic E-state index is 12.0. The number of aliphatic imine (C=N–C) groups is 1. The van der Waals surface area contributed by atoms with Crippen molar-refractivity contribution in [2.45, 2.75) is 39.7 Å². The predicted octanol–water partition coefficient (Wildman–Crippen LogP) is 2.97. The van der Waals surface area contributed by atoms with Gasteiger partial charge in [0.15, 0.2) is 0 Å². The third-order valence-corrected chi connectivity index (χ3v) is 3.42. The number of amides is 1. The van der Waals surface area contributed by atoms with Crippen LogP contribution in [0, 0.1) is 0 Å². The summed E-state index contributed by atoms with van der Waals surface area (Å²) in [6.45, 7) is 7.93. The van der Waals surface area contributed by atoms with E-state index in [4.69, 9.17) is 18.9 Å². The van der Waals surface area contributed by atoms with E-state index in [0.717, 1.165) is 0 Å². The average molecular weight is 394 g/mol. The number of hydrogen-bond acceptors (Lipinski definition) is 7. The smallest absolute Gasteiger partial charge is 0.407 e. The fourth-order valence-electron chi connectivity index (χ4n) is 2.28. The van der Waals surface area contributed by atoms with Crippen LogP contribution in [0.1, 0.15) is 39.7 Å². The topological polar surface area (TPSA) is 95.5 Å². The second-order valence-corrected chi connectivity index (χ2v) is 6.81. The molecule has 0 saturated heterocycles. The van der Waals surface area contributed by atoms with Gasteiger partial charge in [0.2, 0.25) is 0 Å². The Morgan fingerprint density at radius 1 is 1.14 bits per heavy atom. The summed E-state index contributed by atoms with van der Waals surface area (Å²) in [5.74, 6) is 0.768. The lowest BCUT2D eigenvalue weighted by Crippen LogP contribution is -2.33. The van der Waals surface area contributed by atoms with E-state index in [1.807, 2.05) is 0 Å². The Kier molecular flexibility index (Phi) is 9.27. The van der Waals surface area contributed by atoms with E-state index in [1.165, 1.54) is 7.11 Å². The Labute approximate surface area is 166 Å². The number of alkyl carbamates (subject to hydrolysis) is 1. The first-order valence-electron chi connectivity index (χ1n) is 9.08. The van der Waals surface area contributed by atoms with Gasteiger partial charge in [0.1, 0.15) is 17.1 Å². The molecule has 0 heterocycles. The summed E-state index contributed by atoms with van der Waals surface area (Å²) in [6, 6.07) is 5.25. The molecule has 8 nitrogen and oxygen atoms in total. The van der Waals surface area contributed by atoms with E-state index < -0.39 is 11.7 Å². The molecular formula is C20H30N2O6. The highest BCUT2D eigenvalue weighted by Crippen LogP contribution is 2.26. The van der Waals surface area contributed by atoms with Crippen LogP contribution in [0.25, 0.3) is 0 Å². The van der Waals surface area contributed by atoms with Gasteiger partial charge in [-0.1, -0.05) is 0 Å². The van der Waals surface area contributed by atoms with Gasteiger partial charge in [-0.3, -0.25) is 9.79 Å². The van der Waals surface area contributed by atoms with E-state index in [9.17, 15) is 9.59 Å². The molecule has 1 amide bonds. The Morgan fingerprint density at radius 2 is 1.86 bits per heavy atom. The number of hydrogen-bond donors (Lipinski definition) is 1. The van der Waals surface area contributed by atoms with Gasteiger partial charge in [0.05, 0.1) is 39.5 Å². The Bertz CT molecular complexity index is 694. The molecule has 0 aliphatic carbocycles. The van der Waals surface area contributed by atoms with Gasteiger partial charge >= 0.3 is 12.1 Å². The Morgan fingerprint density at radius 3 is 2.43 bits per heavy atom. The maximum absolute atomic E-state index is 12.0. The standard InChI is InChI=1S/C20H30N2O6/c1-7-27-18(23)13-16(15-9-8-14(25-5)12-17(15)26-6)21-10-11-22-19(24)28-20(2,3)4/h8-9,12H,7,10-11,13H2,1-6H3,(H,22,24).